The molecule has 0 bridgehead atoms. The number of carbonyl (C=O) groups is 1. The van der Waals surface area contributed by atoms with Gasteiger partial charge in [0.2, 0.25) is 5.43 Å². The number of rotatable bonds is 2. The molecule has 2 aromatic rings. The van der Waals surface area contributed by atoms with Gasteiger partial charge in [-0.1, -0.05) is 0 Å². The largest absolute Gasteiger partial charge is 0.487 e. The van der Waals surface area contributed by atoms with E-state index < -0.39 is 11.4 Å². The minimum absolute atomic E-state index is 0.0977. The summed E-state index contributed by atoms with van der Waals surface area (Å²) in [5.74, 6) is -0.633. The fraction of sp³-hybridized carbons (Fsp3) is 0.444. The third-order valence-corrected chi connectivity index (χ3v) is 5.20. The molecule has 26 heavy (non-hydrogen) atoms. The SMILES string of the molecule is CC1COc2c(N3CCN(C)CC3)ccc3c(=O)c(C(=O)OF)cn1c23. The summed E-state index contributed by atoms with van der Waals surface area (Å²) in [7, 11) is 2.09. The summed E-state index contributed by atoms with van der Waals surface area (Å²) in [5, 5.41) is 0.326. The van der Waals surface area contributed by atoms with E-state index in [1.807, 2.05) is 13.0 Å². The smallest absolute Gasteiger partial charge is 0.384 e. The number of carbonyl (C=O) groups excluding carboxylic acids is 1. The predicted molar refractivity (Wildman–Crippen MR) is 94.6 cm³/mol. The van der Waals surface area contributed by atoms with E-state index in [9.17, 15) is 14.1 Å². The summed E-state index contributed by atoms with van der Waals surface area (Å²) in [4.78, 5) is 32.1. The zero-order valence-corrected chi connectivity index (χ0v) is 14.7. The number of hydrogen-bond donors (Lipinski definition) is 0. The molecule has 1 unspecified atom stereocenters. The highest BCUT2D eigenvalue weighted by molar-refractivity contribution is 5.97. The molecule has 1 saturated heterocycles. The average Bonchev–Trinajstić information content (AvgIpc) is 2.66. The van der Waals surface area contributed by atoms with Gasteiger partial charge in [0.25, 0.3) is 0 Å². The molecule has 0 saturated carbocycles. The highest BCUT2D eigenvalue weighted by Crippen LogP contribution is 2.40. The van der Waals surface area contributed by atoms with Crippen LogP contribution in [-0.4, -0.2) is 55.3 Å². The van der Waals surface area contributed by atoms with Crippen LogP contribution < -0.4 is 15.1 Å². The average molecular weight is 361 g/mol. The van der Waals surface area contributed by atoms with Crippen molar-refractivity contribution in [1.82, 2.24) is 9.47 Å². The molecule has 0 amide bonds. The summed E-state index contributed by atoms with van der Waals surface area (Å²) < 4.78 is 20.2. The number of pyridine rings is 1. The second-order valence-electron chi connectivity index (χ2n) is 6.90. The normalized spacial score (nSPS) is 20.1. The number of benzene rings is 1. The summed E-state index contributed by atoms with van der Waals surface area (Å²) in [6.07, 6.45) is 1.37. The molecular weight excluding hydrogens is 341 g/mol. The van der Waals surface area contributed by atoms with Crippen molar-refractivity contribution in [2.75, 3.05) is 44.7 Å². The highest BCUT2D eigenvalue weighted by Gasteiger charge is 2.28. The van der Waals surface area contributed by atoms with Crippen LogP contribution in [0.4, 0.5) is 10.2 Å². The van der Waals surface area contributed by atoms with Crippen LogP contribution >= 0.6 is 0 Å². The lowest BCUT2D eigenvalue weighted by molar-refractivity contribution is -0.0789. The molecule has 0 radical (unpaired) electrons. The van der Waals surface area contributed by atoms with E-state index in [0.29, 0.717) is 23.3 Å². The molecule has 1 aromatic carbocycles. The van der Waals surface area contributed by atoms with Gasteiger partial charge in [-0.3, -0.25) is 4.79 Å². The molecule has 138 valence electrons. The Bertz CT molecular complexity index is 934. The van der Waals surface area contributed by atoms with E-state index in [0.717, 1.165) is 31.9 Å². The third-order valence-electron chi connectivity index (χ3n) is 5.20. The molecule has 2 aliphatic heterocycles. The number of piperazine rings is 1. The second kappa shape index (κ2) is 6.28. The Morgan fingerprint density at radius 1 is 1.27 bits per heavy atom. The Labute approximate surface area is 149 Å². The first-order chi connectivity index (χ1) is 12.5. The summed E-state index contributed by atoms with van der Waals surface area (Å²) in [5.41, 5.74) is 0.710. The maximum absolute atomic E-state index is 12.7. The lowest BCUT2D eigenvalue weighted by Gasteiger charge is -2.36. The first-order valence-electron chi connectivity index (χ1n) is 8.62. The third kappa shape index (κ3) is 2.52. The highest BCUT2D eigenvalue weighted by atomic mass is 19.3. The maximum Gasteiger partial charge on any atom is 0.384 e. The summed E-state index contributed by atoms with van der Waals surface area (Å²) in [6.45, 7) is 5.94. The number of anilines is 1. The molecule has 0 N–H and O–H groups in total. The van der Waals surface area contributed by atoms with Crippen LogP contribution in [0.25, 0.3) is 10.9 Å². The van der Waals surface area contributed by atoms with Crippen LogP contribution in [0.3, 0.4) is 0 Å². The second-order valence-corrected chi connectivity index (χ2v) is 6.90. The molecule has 1 fully saturated rings. The fourth-order valence-electron chi connectivity index (χ4n) is 3.66. The van der Waals surface area contributed by atoms with Crippen LogP contribution in [0.1, 0.15) is 23.3 Å². The standard InChI is InChI=1S/C18H20FN3O4/c1-11-10-25-17-14(21-7-5-20(2)6-8-21)4-3-12-15(17)22(11)9-13(16(12)23)18(24)26-19/h3-4,9,11H,5-8,10H2,1-2H3. The molecule has 1 aromatic heterocycles. The van der Waals surface area contributed by atoms with Crippen molar-refractivity contribution in [3.63, 3.8) is 0 Å². The van der Waals surface area contributed by atoms with Gasteiger partial charge >= 0.3 is 5.97 Å². The Balaban J connectivity index is 1.93. The number of ether oxygens (including phenoxy) is 1. The van der Waals surface area contributed by atoms with Gasteiger partial charge in [-0.25, -0.2) is 9.74 Å². The van der Waals surface area contributed by atoms with Gasteiger partial charge in [0.05, 0.1) is 22.6 Å². The monoisotopic (exact) mass is 361 g/mol. The van der Waals surface area contributed by atoms with Gasteiger partial charge in [0, 0.05) is 36.9 Å². The van der Waals surface area contributed by atoms with Crippen LogP contribution in [0, 0.1) is 0 Å². The molecule has 7 nitrogen and oxygen atoms in total. The molecule has 3 heterocycles. The minimum atomic E-state index is -1.27. The molecule has 1 atom stereocenters. The Morgan fingerprint density at radius 3 is 2.69 bits per heavy atom. The van der Waals surface area contributed by atoms with Crippen molar-refractivity contribution in [2.24, 2.45) is 0 Å². The van der Waals surface area contributed by atoms with E-state index in [1.165, 1.54) is 6.20 Å². The van der Waals surface area contributed by atoms with Crippen LogP contribution in [0.15, 0.2) is 23.1 Å². The van der Waals surface area contributed by atoms with E-state index in [-0.39, 0.29) is 11.6 Å². The van der Waals surface area contributed by atoms with Gasteiger partial charge in [0.15, 0.2) is 5.75 Å². The quantitative estimate of drug-likeness (QED) is 0.812. The number of hydrogen-bond acceptors (Lipinski definition) is 6. The van der Waals surface area contributed by atoms with Crippen LogP contribution in [-0.2, 0) is 4.94 Å². The zero-order chi connectivity index (χ0) is 18.4. The van der Waals surface area contributed by atoms with E-state index in [1.54, 1.807) is 10.6 Å². The Hall–Kier alpha value is -2.61. The minimum Gasteiger partial charge on any atom is -0.487 e. The predicted octanol–water partition coefficient (Wildman–Crippen LogP) is 1.75. The number of halogens is 1. The molecule has 0 aliphatic carbocycles. The fourth-order valence-corrected chi connectivity index (χ4v) is 3.66. The number of nitrogens with zero attached hydrogens (tertiary/aromatic N) is 3. The first-order valence-corrected chi connectivity index (χ1v) is 8.62. The van der Waals surface area contributed by atoms with E-state index in [4.69, 9.17) is 4.74 Å². The lowest BCUT2D eigenvalue weighted by atomic mass is 10.1. The molecule has 0 spiro atoms. The number of likely N-dealkylation sites (N-methyl/N-ethyl adjacent to an activating group) is 1. The van der Waals surface area contributed by atoms with Crippen LogP contribution in [0.2, 0.25) is 0 Å². The molecule has 4 rings (SSSR count). The van der Waals surface area contributed by atoms with Gasteiger partial charge < -0.3 is 19.1 Å². The maximum atomic E-state index is 12.7. The van der Waals surface area contributed by atoms with Crippen molar-refractivity contribution in [3.8, 4) is 5.75 Å². The Morgan fingerprint density at radius 2 is 2.00 bits per heavy atom. The van der Waals surface area contributed by atoms with Gasteiger partial charge in [-0.05, 0) is 26.1 Å². The molecule has 8 heteroatoms. The van der Waals surface area contributed by atoms with E-state index >= 15 is 0 Å². The van der Waals surface area contributed by atoms with Crippen molar-refractivity contribution in [2.45, 2.75) is 13.0 Å². The lowest BCUT2D eigenvalue weighted by Crippen LogP contribution is -2.44. The Kier molecular flexibility index (Phi) is 4.07. The van der Waals surface area contributed by atoms with Gasteiger partial charge in [-0.2, -0.15) is 0 Å². The summed E-state index contributed by atoms with van der Waals surface area (Å²) in [6, 6.07) is 3.43. The van der Waals surface area contributed by atoms with Crippen LogP contribution in [0.5, 0.6) is 5.75 Å². The van der Waals surface area contributed by atoms with E-state index in [2.05, 4.69) is 21.8 Å². The molecular formula is C18H20FN3O4. The van der Waals surface area contributed by atoms with Crippen molar-refractivity contribution < 1.29 is 19.0 Å². The number of aromatic nitrogens is 1. The van der Waals surface area contributed by atoms with Crippen molar-refractivity contribution >= 4 is 22.6 Å². The van der Waals surface area contributed by atoms with Gasteiger partial charge in [0.1, 0.15) is 12.2 Å². The molecule has 2 aliphatic rings. The van der Waals surface area contributed by atoms with Crippen molar-refractivity contribution in [1.29, 1.82) is 0 Å². The summed E-state index contributed by atoms with van der Waals surface area (Å²) >= 11 is 0. The first kappa shape index (κ1) is 16.8. The van der Waals surface area contributed by atoms with Crippen molar-refractivity contribution in [3.05, 3.63) is 34.1 Å². The van der Waals surface area contributed by atoms with Gasteiger partial charge in [-0.15, -0.1) is 0 Å². The zero-order valence-electron chi connectivity index (χ0n) is 14.7. The topological polar surface area (TPSA) is 64.0 Å².